The van der Waals surface area contributed by atoms with Crippen LogP contribution in [-0.4, -0.2) is 43.4 Å². The topological polar surface area (TPSA) is 90.9 Å². The first-order valence-corrected chi connectivity index (χ1v) is 8.22. The third kappa shape index (κ3) is 9.68. The second-order valence-electron chi connectivity index (χ2n) is 5.76. The molecule has 0 unspecified atom stereocenters. The van der Waals surface area contributed by atoms with Crippen molar-refractivity contribution in [2.24, 2.45) is 5.29 Å². The molecule has 7 nitrogen and oxygen atoms in total. The molecule has 1 aromatic rings. The third-order valence-corrected chi connectivity index (χ3v) is 3.61. The number of nitrogens with one attached hydrogen (secondary N) is 2. The smallest absolute Gasteiger partial charge is 0.242 e. The van der Waals surface area contributed by atoms with E-state index in [0.29, 0.717) is 25.9 Å². The predicted octanol–water partition coefficient (Wildman–Crippen LogP) is 1.64. The van der Waals surface area contributed by atoms with Crippen LogP contribution in [0, 0.1) is 4.91 Å². The summed E-state index contributed by atoms with van der Waals surface area (Å²) < 4.78 is 0. The fraction of sp³-hybridized carbons (Fsp3) is 0.529. The number of likely N-dealkylation sites (N-methyl/N-ethyl adjacent to an activating group) is 1. The van der Waals surface area contributed by atoms with Crippen molar-refractivity contribution in [1.29, 1.82) is 0 Å². The van der Waals surface area contributed by atoms with Gasteiger partial charge < -0.3 is 5.32 Å². The number of rotatable bonds is 12. The number of carbonyl (C=O) groups excluding carboxylic acids is 2. The minimum Gasteiger partial charge on any atom is -0.355 e. The summed E-state index contributed by atoms with van der Waals surface area (Å²) in [5.41, 5.74) is 3.08. The Morgan fingerprint density at radius 1 is 1.08 bits per heavy atom. The SMILES string of the molecule is CN(CCCCCC(=O)NN=O)CC(=O)NCCc1ccccc1. The van der Waals surface area contributed by atoms with Crippen molar-refractivity contribution in [3.63, 3.8) is 0 Å². The Hall–Kier alpha value is -2.28. The lowest BCUT2D eigenvalue weighted by atomic mass is 10.1. The maximum atomic E-state index is 11.8. The lowest BCUT2D eigenvalue weighted by Crippen LogP contribution is -2.36. The van der Waals surface area contributed by atoms with E-state index in [1.54, 1.807) is 0 Å². The van der Waals surface area contributed by atoms with Gasteiger partial charge >= 0.3 is 0 Å². The molecule has 2 N–H and O–H groups in total. The fourth-order valence-corrected chi connectivity index (χ4v) is 2.32. The Morgan fingerprint density at radius 2 is 1.83 bits per heavy atom. The average molecular weight is 334 g/mol. The van der Waals surface area contributed by atoms with Crippen LogP contribution in [-0.2, 0) is 16.0 Å². The second kappa shape index (κ2) is 12.2. The van der Waals surface area contributed by atoms with Gasteiger partial charge in [-0.3, -0.25) is 14.5 Å². The van der Waals surface area contributed by atoms with E-state index in [2.05, 4.69) is 10.6 Å². The van der Waals surface area contributed by atoms with Gasteiger partial charge in [-0.2, -0.15) is 0 Å². The van der Waals surface area contributed by atoms with Crippen LogP contribution >= 0.6 is 0 Å². The van der Waals surface area contributed by atoms with E-state index in [-0.39, 0.29) is 11.8 Å². The summed E-state index contributed by atoms with van der Waals surface area (Å²) >= 11 is 0. The third-order valence-electron chi connectivity index (χ3n) is 3.61. The van der Waals surface area contributed by atoms with Crippen LogP contribution in [0.15, 0.2) is 35.6 Å². The number of benzene rings is 1. The first kappa shape index (κ1) is 19.8. The first-order valence-electron chi connectivity index (χ1n) is 8.22. The highest BCUT2D eigenvalue weighted by atomic mass is 16.3. The van der Waals surface area contributed by atoms with Crippen molar-refractivity contribution >= 4 is 11.8 Å². The van der Waals surface area contributed by atoms with E-state index in [1.165, 1.54) is 5.56 Å². The van der Waals surface area contributed by atoms with E-state index >= 15 is 0 Å². The van der Waals surface area contributed by atoms with Crippen LogP contribution in [0.1, 0.15) is 31.2 Å². The molecule has 7 heteroatoms. The molecule has 0 heterocycles. The zero-order chi connectivity index (χ0) is 17.6. The quantitative estimate of drug-likeness (QED) is 0.345. The standard InChI is InChI=1S/C17H26N4O3/c1-21(13-7-3-6-10-16(22)19-20-24)14-17(23)18-12-11-15-8-4-2-5-9-15/h2,4-5,8-9H,3,6-7,10-14H2,1H3,(H,18,23)(H,19,22,24). The molecule has 132 valence electrons. The Kier molecular flexibility index (Phi) is 10.0. The molecule has 24 heavy (non-hydrogen) atoms. The van der Waals surface area contributed by atoms with E-state index < -0.39 is 0 Å². The Morgan fingerprint density at radius 3 is 2.54 bits per heavy atom. The van der Waals surface area contributed by atoms with Crippen molar-refractivity contribution in [3.05, 3.63) is 40.8 Å². The number of nitrogens with zero attached hydrogens (tertiary/aromatic N) is 2. The van der Waals surface area contributed by atoms with E-state index in [4.69, 9.17) is 0 Å². The van der Waals surface area contributed by atoms with Gasteiger partial charge in [-0.25, -0.2) is 5.43 Å². The predicted molar refractivity (Wildman–Crippen MR) is 93.1 cm³/mol. The molecule has 0 aliphatic rings. The Labute approximate surface area is 142 Å². The summed E-state index contributed by atoms with van der Waals surface area (Å²) in [6, 6.07) is 10.0. The molecule has 0 aromatic heterocycles. The van der Waals surface area contributed by atoms with Gasteiger partial charge in [-0.1, -0.05) is 36.8 Å². The van der Waals surface area contributed by atoms with E-state index in [0.717, 1.165) is 25.8 Å². The summed E-state index contributed by atoms with van der Waals surface area (Å²) in [4.78, 5) is 34.7. The number of unbranched alkanes of at least 4 members (excludes halogenated alkanes) is 2. The van der Waals surface area contributed by atoms with Crippen molar-refractivity contribution in [3.8, 4) is 0 Å². The van der Waals surface area contributed by atoms with E-state index in [1.807, 2.05) is 47.7 Å². The van der Waals surface area contributed by atoms with Crippen LogP contribution in [0.3, 0.4) is 0 Å². The molecule has 0 aliphatic heterocycles. The van der Waals surface area contributed by atoms with Gasteiger partial charge in [0.15, 0.2) is 0 Å². The molecular weight excluding hydrogens is 308 g/mol. The molecule has 0 fully saturated rings. The maximum Gasteiger partial charge on any atom is 0.242 e. The number of hydrogen-bond acceptors (Lipinski definition) is 5. The number of carbonyl (C=O) groups is 2. The molecular formula is C17H26N4O3. The largest absolute Gasteiger partial charge is 0.355 e. The molecule has 0 saturated heterocycles. The highest BCUT2D eigenvalue weighted by molar-refractivity contribution is 5.78. The number of hydrogen-bond donors (Lipinski definition) is 2. The summed E-state index contributed by atoms with van der Waals surface area (Å²) in [6.07, 6.45) is 3.60. The molecule has 1 aromatic carbocycles. The molecule has 0 aliphatic carbocycles. The minimum absolute atomic E-state index is 0.0184. The van der Waals surface area contributed by atoms with Crippen LogP contribution in [0.2, 0.25) is 0 Å². The van der Waals surface area contributed by atoms with Gasteiger partial charge in [0.25, 0.3) is 0 Å². The van der Waals surface area contributed by atoms with Crippen molar-refractivity contribution < 1.29 is 9.59 Å². The van der Waals surface area contributed by atoms with Crippen molar-refractivity contribution in [2.75, 3.05) is 26.7 Å². The van der Waals surface area contributed by atoms with Gasteiger partial charge in [0.2, 0.25) is 11.8 Å². The zero-order valence-corrected chi connectivity index (χ0v) is 14.2. The van der Waals surface area contributed by atoms with Crippen molar-refractivity contribution in [2.45, 2.75) is 32.1 Å². The van der Waals surface area contributed by atoms with Crippen LogP contribution in [0.25, 0.3) is 0 Å². The molecule has 0 atom stereocenters. The molecule has 0 bridgehead atoms. The van der Waals surface area contributed by atoms with Crippen molar-refractivity contribution in [1.82, 2.24) is 15.6 Å². The summed E-state index contributed by atoms with van der Waals surface area (Å²) in [7, 11) is 1.90. The van der Waals surface area contributed by atoms with Gasteiger partial charge in [0, 0.05) is 13.0 Å². The normalized spacial score (nSPS) is 10.4. The van der Waals surface area contributed by atoms with E-state index in [9.17, 15) is 14.5 Å². The fourth-order valence-electron chi connectivity index (χ4n) is 2.32. The molecule has 0 radical (unpaired) electrons. The van der Waals surface area contributed by atoms with Crippen LogP contribution < -0.4 is 10.7 Å². The Bertz CT molecular complexity index is 508. The summed E-state index contributed by atoms with van der Waals surface area (Å²) in [6.45, 7) is 1.79. The lowest BCUT2D eigenvalue weighted by molar-refractivity contribution is -0.122. The summed E-state index contributed by atoms with van der Waals surface area (Å²) in [5, 5.41) is 5.26. The Balaban J connectivity index is 2.03. The molecule has 0 spiro atoms. The monoisotopic (exact) mass is 334 g/mol. The molecule has 1 rings (SSSR count). The first-order chi connectivity index (χ1) is 11.6. The van der Waals surface area contributed by atoms with Crippen LogP contribution in [0.4, 0.5) is 0 Å². The van der Waals surface area contributed by atoms with Gasteiger partial charge in [0.05, 0.1) is 11.8 Å². The average Bonchev–Trinajstić information content (AvgIpc) is 2.55. The van der Waals surface area contributed by atoms with Gasteiger partial charge in [-0.05, 0) is 38.4 Å². The molecule has 0 saturated carbocycles. The summed E-state index contributed by atoms with van der Waals surface area (Å²) in [5.74, 6) is -0.332. The zero-order valence-electron chi connectivity index (χ0n) is 14.2. The maximum absolute atomic E-state index is 11.8. The highest BCUT2D eigenvalue weighted by Gasteiger charge is 2.06. The number of nitroso groups, excluding NO2 is 1. The second-order valence-corrected chi connectivity index (χ2v) is 5.76. The van der Waals surface area contributed by atoms with Crippen LogP contribution in [0.5, 0.6) is 0 Å². The van der Waals surface area contributed by atoms with Gasteiger partial charge in [0.1, 0.15) is 0 Å². The minimum atomic E-state index is -0.351. The lowest BCUT2D eigenvalue weighted by Gasteiger charge is -2.16. The van der Waals surface area contributed by atoms with Gasteiger partial charge in [-0.15, -0.1) is 4.91 Å². The molecule has 2 amide bonds. The highest BCUT2D eigenvalue weighted by Crippen LogP contribution is 2.01. The number of amides is 2.